The third-order valence-electron chi connectivity index (χ3n) is 4.08. The molecule has 0 unspecified atom stereocenters. The minimum Gasteiger partial charge on any atom is -0.412 e. The van der Waals surface area contributed by atoms with Crippen molar-refractivity contribution in [2.75, 3.05) is 0 Å². The average molecular weight is 274 g/mol. The number of hydrogen-bond donors (Lipinski definition) is 1. The van der Waals surface area contributed by atoms with Crippen LogP contribution in [-0.4, -0.2) is 11.0 Å². The van der Waals surface area contributed by atoms with Gasteiger partial charge in [-0.2, -0.15) is 0 Å². The summed E-state index contributed by atoms with van der Waals surface area (Å²) in [5.41, 5.74) is 6.81. The standard InChI is InChI=1S/C17H37N.H2O/c1-4-7-10-13-16-17(18,14-11-8-5-2)15-12-9-6-3;/h4-16,18H2,1-3H3;1H2. The van der Waals surface area contributed by atoms with Gasteiger partial charge in [-0.25, -0.2) is 0 Å². The molecule has 0 aromatic rings. The van der Waals surface area contributed by atoms with Crippen LogP contribution in [0, 0.1) is 0 Å². The Kier molecular flexibility index (Phi) is 16.0. The van der Waals surface area contributed by atoms with Crippen LogP contribution in [0.4, 0.5) is 0 Å². The lowest BCUT2D eigenvalue weighted by atomic mass is 9.83. The Morgan fingerprint density at radius 2 is 0.895 bits per heavy atom. The topological polar surface area (TPSA) is 57.5 Å². The monoisotopic (exact) mass is 273 g/mol. The first kappa shape index (κ1) is 21.2. The average Bonchev–Trinajstić information content (AvgIpc) is 2.36. The molecule has 0 aliphatic heterocycles. The van der Waals surface area contributed by atoms with Crippen molar-refractivity contribution >= 4 is 0 Å². The molecule has 118 valence electrons. The van der Waals surface area contributed by atoms with E-state index in [-0.39, 0.29) is 11.0 Å². The van der Waals surface area contributed by atoms with Gasteiger partial charge in [-0.05, 0) is 19.3 Å². The molecule has 0 radical (unpaired) electrons. The fourth-order valence-corrected chi connectivity index (χ4v) is 2.73. The first-order valence-electron chi connectivity index (χ1n) is 8.47. The summed E-state index contributed by atoms with van der Waals surface area (Å²) in [6.45, 7) is 6.82. The van der Waals surface area contributed by atoms with Gasteiger partial charge in [0.2, 0.25) is 0 Å². The first-order chi connectivity index (χ1) is 8.68. The molecule has 0 aromatic heterocycles. The molecule has 0 aromatic carbocycles. The van der Waals surface area contributed by atoms with Crippen molar-refractivity contribution < 1.29 is 5.48 Å². The molecule has 0 spiro atoms. The maximum absolute atomic E-state index is 6.66. The fraction of sp³-hybridized carbons (Fsp3) is 1.00. The van der Waals surface area contributed by atoms with Gasteiger partial charge in [-0.1, -0.05) is 85.0 Å². The van der Waals surface area contributed by atoms with Crippen LogP contribution in [0.1, 0.15) is 104 Å². The Morgan fingerprint density at radius 3 is 1.26 bits per heavy atom. The minimum absolute atomic E-state index is 0. The summed E-state index contributed by atoms with van der Waals surface area (Å²) in [6, 6.07) is 0. The van der Waals surface area contributed by atoms with Crippen molar-refractivity contribution in [2.45, 2.75) is 110 Å². The lowest BCUT2D eigenvalue weighted by molar-refractivity contribution is 0.305. The molecule has 0 heterocycles. The van der Waals surface area contributed by atoms with E-state index >= 15 is 0 Å². The molecule has 0 aliphatic carbocycles. The van der Waals surface area contributed by atoms with Crippen molar-refractivity contribution in [3.63, 3.8) is 0 Å². The molecule has 0 bridgehead atoms. The van der Waals surface area contributed by atoms with E-state index in [0.29, 0.717) is 0 Å². The molecule has 19 heavy (non-hydrogen) atoms. The smallest absolute Gasteiger partial charge is 0.0154 e. The van der Waals surface area contributed by atoms with Crippen LogP contribution in [0.3, 0.4) is 0 Å². The van der Waals surface area contributed by atoms with E-state index in [0.717, 1.165) is 0 Å². The van der Waals surface area contributed by atoms with Crippen LogP contribution in [-0.2, 0) is 0 Å². The second-order valence-corrected chi connectivity index (χ2v) is 6.09. The Balaban J connectivity index is 0. The van der Waals surface area contributed by atoms with Gasteiger partial charge >= 0.3 is 0 Å². The molecule has 0 aliphatic rings. The molecule has 0 saturated heterocycles. The van der Waals surface area contributed by atoms with Crippen LogP contribution in [0.25, 0.3) is 0 Å². The molecule has 2 heteroatoms. The highest BCUT2D eigenvalue weighted by Crippen LogP contribution is 2.26. The largest absolute Gasteiger partial charge is 0.412 e. The Bertz CT molecular complexity index is 161. The third kappa shape index (κ3) is 12.7. The van der Waals surface area contributed by atoms with Crippen LogP contribution in [0.5, 0.6) is 0 Å². The molecular weight excluding hydrogens is 234 g/mol. The van der Waals surface area contributed by atoms with Gasteiger partial charge in [0.25, 0.3) is 0 Å². The zero-order chi connectivity index (χ0) is 13.7. The molecule has 2 nitrogen and oxygen atoms in total. The van der Waals surface area contributed by atoms with Crippen molar-refractivity contribution in [1.82, 2.24) is 0 Å². The Hall–Kier alpha value is -0.0800. The predicted octanol–water partition coefficient (Wildman–Crippen LogP) is 4.99. The van der Waals surface area contributed by atoms with Gasteiger partial charge in [0.15, 0.2) is 0 Å². The Morgan fingerprint density at radius 1 is 0.579 bits per heavy atom. The maximum Gasteiger partial charge on any atom is 0.0154 e. The second kappa shape index (κ2) is 14.3. The quantitative estimate of drug-likeness (QED) is 0.472. The summed E-state index contributed by atoms with van der Waals surface area (Å²) in [5.74, 6) is 0. The first-order valence-corrected chi connectivity index (χ1v) is 8.47. The van der Waals surface area contributed by atoms with Crippen molar-refractivity contribution in [2.24, 2.45) is 5.73 Å². The van der Waals surface area contributed by atoms with Gasteiger partial charge in [-0.3, -0.25) is 0 Å². The zero-order valence-corrected chi connectivity index (χ0v) is 13.8. The number of hydrogen-bond acceptors (Lipinski definition) is 1. The van der Waals surface area contributed by atoms with E-state index in [1.807, 2.05) is 0 Å². The molecule has 0 saturated carbocycles. The SMILES string of the molecule is CCCCCCC(N)(CCCCC)CCCCC.O. The number of rotatable bonds is 13. The highest BCUT2D eigenvalue weighted by molar-refractivity contribution is 4.83. The number of nitrogens with two attached hydrogens (primary N) is 1. The van der Waals surface area contributed by atoms with Crippen molar-refractivity contribution in [1.29, 1.82) is 0 Å². The van der Waals surface area contributed by atoms with Gasteiger partial charge < -0.3 is 11.2 Å². The zero-order valence-electron chi connectivity index (χ0n) is 13.8. The van der Waals surface area contributed by atoms with E-state index in [1.54, 1.807) is 0 Å². The molecule has 0 fully saturated rings. The Labute approximate surface area is 121 Å². The summed E-state index contributed by atoms with van der Waals surface area (Å²) in [4.78, 5) is 0. The van der Waals surface area contributed by atoms with E-state index in [2.05, 4.69) is 20.8 Å². The summed E-state index contributed by atoms with van der Waals surface area (Å²) >= 11 is 0. The highest BCUT2D eigenvalue weighted by Gasteiger charge is 2.22. The van der Waals surface area contributed by atoms with E-state index in [1.165, 1.54) is 83.5 Å². The predicted molar refractivity (Wildman–Crippen MR) is 87.6 cm³/mol. The van der Waals surface area contributed by atoms with Gasteiger partial charge in [0.05, 0.1) is 0 Å². The summed E-state index contributed by atoms with van der Waals surface area (Å²) in [7, 11) is 0. The molecule has 4 N–H and O–H groups in total. The van der Waals surface area contributed by atoms with Crippen LogP contribution in [0.2, 0.25) is 0 Å². The van der Waals surface area contributed by atoms with E-state index in [4.69, 9.17) is 5.73 Å². The maximum atomic E-state index is 6.66. The normalized spacial score (nSPS) is 11.4. The summed E-state index contributed by atoms with van der Waals surface area (Å²) < 4.78 is 0. The van der Waals surface area contributed by atoms with Gasteiger partial charge in [-0.15, -0.1) is 0 Å². The van der Waals surface area contributed by atoms with Crippen LogP contribution < -0.4 is 5.73 Å². The van der Waals surface area contributed by atoms with Crippen molar-refractivity contribution in [3.05, 3.63) is 0 Å². The highest BCUT2D eigenvalue weighted by atomic mass is 16.0. The van der Waals surface area contributed by atoms with E-state index < -0.39 is 0 Å². The van der Waals surface area contributed by atoms with Crippen LogP contribution in [0.15, 0.2) is 0 Å². The summed E-state index contributed by atoms with van der Waals surface area (Å²) in [5, 5.41) is 0. The van der Waals surface area contributed by atoms with Crippen LogP contribution >= 0.6 is 0 Å². The molecular formula is C17H39NO. The lowest BCUT2D eigenvalue weighted by Crippen LogP contribution is -2.39. The fourth-order valence-electron chi connectivity index (χ4n) is 2.73. The van der Waals surface area contributed by atoms with E-state index in [9.17, 15) is 0 Å². The molecule has 0 atom stereocenters. The molecule has 0 amide bonds. The summed E-state index contributed by atoms with van der Waals surface area (Å²) in [6.07, 6.45) is 17.1. The lowest BCUT2D eigenvalue weighted by Gasteiger charge is -2.30. The number of unbranched alkanes of at least 4 members (excludes halogenated alkanes) is 7. The third-order valence-corrected chi connectivity index (χ3v) is 4.08. The minimum atomic E-state index is 0. The van der Waals surface area contributed by atoms with Gasteiger partial charge in [0, 0.05) is 5.54 Å². The van der Waals surface area contributed by atoms with Crippen molar-refractivity contribution in [3.8, 4) is 0 Å². The van der Waals surface area contributed by atoms with Gasteiger partial charge in [0.1, 0.15) is 0 Å². The molecule has 0 rings (SSSR count). The second-order valence-electron chi connectivity index (χ2n) is 6.09.